The molecule has 0 saturated carbocycles. The van der Waals surface area contributed by atoms with Crippen molar-refractivity contribution in [3.8, 4) is 0 Å². The fraction of sp³-hybridized carbons (Fsp3) is 0.714. The van der Waals surface area contributed by atoms with Crippen LogP contribution in [0.5, 0.6) is 0 Å². The molecule has 12 heavy (non-hydrogen) atoms. The van der Waals surface area contributed by atoms with Crippen LogP contribution in [0.2, 0.25) is 0 Å². The molecule has 0 fully saturated rings. The molecule has 0 bridgehead atoms. The molecule has 0 aliphatic heterocycles. The maximum atomic E-state index is 10.3. The number of hydrogen-bond acceptors (Lipinski definition) is 3. The van der Waals surface area contributed by atoms with Gasteiger partial charge in [-0.15, -0.1) is 6.58 Å². The first-order chi connectivity index (χ1) is 5.27. The van der Waals surface area contributed by atoms with Crippen LogP contribution in [0.3, 0.4) is 0 Å². The number of hydrogen-bond donors (Lipinski definition) is 1. The maximum Gasteiger partial charge on any atom is 0.397 e. The van der Waals surface area contributed by atoms with Gasteiger partial charge in [0, 0.05) is 0 Å². The highest BCUT2D eigenvalue weighted by molar-refractivity contribution is 7.80. The molecule has 5 heteroatoms. The number of allylic oxidation sites excluding steroid dienone is 1. The quantitative estimate of drug-likeness (QED) is 0.532. The van der Waals surface area contributed by atoms with Crippen LogP contribution >= 0.6 is 0 Å². The molecular formula is C7H14O4S. The van der Waals surface area contributed by atoms with E-state index < -0.39 is 16.0 Å². The minimum absolute atomic E-state index is 0.496. The van der Waals surface area contributed by atoms with Gasteiger partial charge in [0.15, 0.2) is 0 Å². The molecule has 0 spiro atoms. The molecule has 0 atom stereocenters. The highest BCUT2D eigenvalue weighted by Gasteiger charge is 2.24. The van der Waals surface area contributed by atoms with Gasteiger partial charge in [-0.3, -0.25) is 4.55 Å². The molecule has 0 aliphatic carbocycles. The van der Waals surface area contributed by atoms with Gasteiger partial charge >= 0.3 is 10.4 Å². The summed E-state index contributed by atoms with van der Waals surface area (Å²) >= 11 is 0. The Morgan fingerprint density at radius 2 is 2.08 bits per heavy atom. The lowest BCUT2D eigenvalue weighted by atomic mass is 10.0. The fourth-order valence-electron chi connectivity index (χ4n) is 0.776. The summed E-state index contributed by atoms with van der Waals surface area (Å²) in [6, 6.07) is 0. The number of rotatable bonds is 5. The normalized spacial score (nSPS) is 12.9. The second-order valence-electron chi connectivity index (χ2n) is 3.10. The van der Waals surface area contributed by atoms with Crippen molar-refractivity contribution in [1.29, 1.82) is 0 Å². The Kier molecular flexibility index (Phi) is 3.89. The summed E-state index contributed by atoms with van der Waals surface area (Å²) in [5, 5.41) is 0. The van der Waals surface area contributed by atoms with Gasteiger partial charge < -0.3 is 0 Å². The molecule has 0 saturated heterocycles. The molecule has 0 aromatic carbocycles. The fourth-order valence-corrected chi connectivity index (χ4v) is 1.43. The molecule has 0 aromatic heterocycles. The van der Waals surface area contributed by atoms with Gasteiger partial charge in [0.2, 0.25) is 0 Å². The minimum Gasteiger partial charge on any atom is -0.264 e. The van der Waals surface area contributed by atoms with Crippen LogP contribution in [-0.2, 0) is 14.6 Å². The largest absolute Gasteiger partial charge is 0.397 e. The Hall–Kier alpha value is -0.390. The van der Waals surface area contributed by atoms with Gasteiger partial charge in [0.05, 0.1) is 5.60 Å². The van der Waals surface area contributed by atoms with E-state index in [1.165, 1.54) is 0 Å². The molecule has 0 rings (SSSR count). The lowest BCUT2D eigenvalue weighted by Crippen LogP contribution is -2.27. The van der Waals surface area contributed by atoms with Gasteiger partial charge in [0.1, 0.15) is 0 Å². The van der Waals surface area contributed by atoms with Crippen LogP contribution < -0.4 is 0 Å². The molecule has 0 amide bonds. The molecule has 0 aromatic rings. The van der Waals surface area contributed by atoms with E-state index in [1.807, 2.05) is 0 Å². The summed E-state index contributed by atoms with van der Waals surface area (Å²) in [7, 11) is -4.35. The SMILES string of the molecule is C=CCCC(C)(C)OS(=O)(=O)O. The molecule has 0 radical (unpaired) electrons. The van der Waals surface area contributed by atoms with Crippen molar-refractivity contribution in [3.63, 3.8) is 0 Å². The van der Waals surface area contributed by atoms with Crippen LogP contribution in [-0.4, -0.2) is 18.6 Å². The first-order valence-electron chi connectivity index (χ1n) is 3.56. The van der Waals surface area contributed by atoms with Crippen molar-refractivity contribution in [3.05, 3.63) is 12.7 Å². The topological polar surface area (TPSA) is 63.6 Å². The lowest BCUT2D eigenvalue weighted by molar-refractivity contribution is 0.0917. The first kappa shape index (κ1) is 11.6. The Balaban J connectivity index is 4.13. The zero-order valence-electron chi connectivity index (χ0n) is 7.28. The van der Waals surface area contributed by atoms with Gasteiger partial charge in [-0.2, -0.15) is 8.42 Å². The zero-order valence-corrected chi connectivity index (χ0v) is 8.10. The summed E-state index contributed by atoms with van der Waals surface area (Å²) in [4.78, 5) is 0. The average Bonchev–Trinajstić information content (AvgIpc) is 1.78. The minimum atomic E-state index is -4.35. The smallest absolute Gasteiger partial charge is 0.264 e. The molecule has 4 nitrogen and oxygen atoms in total. The van der Waals surface area contributed by atoms with Crippen molar-refractivity contribution in [2.24, 2.45) is 0 Å². The van der Waals surface area contributed by atoms with E-state index in [4.69, 9.17) is 4.55 Å². The molecule has 0 unspecified atom stereocenters. The molecule has 72 valence electrons. The van der Waals surface area contributed by atoms with E-state index in [9.17, 15) is 8.42 Å². The van der Waals surface area contributed by atoms with Crippen LogP contribution in [0, 0.1) is 0 Å². The summed E-state index contributed by atoms with van der Waals surface area (Å²) < 4.78 is 33.4. The molecule has 0 heterocycles. The lowest BCUT2D eigenvalue weighted by Gasteiger charge is -2.21. The molecule has 0 aliphatic rings. The van der Waals surface area contributed by atoms with E-state index in [0.717, 1.165) is 0 Å². The van der Waals surface area contributed by atoms with Gasteiger partial charge in [-0.05, 0) is 26.7 Å². The summed E-state index contributed by atoms with van der Waals surface area (Å²) in [5.74, 6) is 0. The highest BCUT2D eigenvalue weighted by atomic mass is 32.3. The molecule has 1 N–H and O–H groups in total. The standard InChI is InChI=1S/C7H14O4S/c1-4-5-6-7(2,3)11-12(8,9)10/h4H,1,5-6H2,2-3H3,(H,8,9,10). The second kappa shape index (κ2) is 4.02. The Morgan fingerprint density at radius 3 is 2.42 bits per heavy atom. The predicted molar refractivity (Wildman–Crippen MR) is 46.1 cm³/mol. The average molecular weight is 194 g/mol. The van der Waals surface area contributed by atoms with E-state index in [-0.39, 0.29) is 0 Å². The van der Waals surface area contributed by atoms with Crippen LogP contribution in [0.25, 0.3) is 0 Å². The van der Waals surface area contributed by atoms with Crippen molar-refractivity contribution in [1.82, 2.24) is 0 Å². The summed E-state index contributed by atoms with van der Waals surface area (Å²) in [5.41, 5.74) is -0.873. The van der Waals surface area contributed by atoms with Crippen LogP contribution in [0.4, 0.5) is 0 Å². The van der Waals surface area contributed by atoms with E-state index >= 15 is 0 Å². The van der Waals surface area contributed by atoms with Crippen LogP contribution in [0.15, 0.2) is 12.7 Å². The highest BCUT2D eigenvalue weighted by Crippen LogP contribution is 2.18. The molecular weight excluding hydrogens is 180 g/mol. The van der Waals surface area contributed by atoms with E-state index in [2.05, 4.69) is 10.8 Å². The maximum absolute atomic E-state index is 10.3. The zero-order chi connectivity index (χ0) is 9.83. The van der Waals surface area contributed by atoms with E-state index in [0.29, 0.717) is 12.8 Å². The van der Waals surface area contributed by atoms with Crippen molar-refractivity contribution < 1.29 is 17.2 Å². The Morgan fingerprint density at radius 1 is 1.58 bits per heavy atom. The van der Waals surface area contributed by atoms with Gasteiger partial charge in [-0.25, -0.2) is 4.18 Å². The third-order valence-corrected chi connectivity index (χ3v) is 1.94. The summed E-state index contributed by atoms with van der Waals surface area (Å²) in [6.07, 6.45) is 2.80. The predicted octanol–water partition coefficient (Wildman–Crippen LogP) is 1.55. The van der Waals surface area contributed by atoms with Gasteiger partial charge in [-0.1, -0.05) is 6.08 Å². The third-order valence-electron chi connectivity index (χ3n) is 1.28. The first-order valence-corrected chi connectivity index (χ1v) is 4.92. The van der Waals surface area contributed by atoms with Crippen molar-refractivity contribution in [2.45, 2.75) is 32.3 Å². The van der Waals surface area contributed by atoms with E-state index in [1.54, 1.807) is 19.9 Å². The Labute approximate surface area is 73.2 Å². The second-order valence-corrected chi connectivity index (χ2v) is 4.12. The van der Waals surface area contributed by atoms with Crippen molar-refractivity contribution in [2.75, 3.05) is 0 Å². The monoisotopic (exact) mass is 194 g/mol. The van der Waals surface area contributed by atoms with Gasteiger partial charge in [0.25, 0.3) is 0 Å². The van der Waals surface area contributed by atoms with Crippen molar-refractivity contribution >= 4 is 10.4 Å². The third kappa shape index (κ3) is 6.33. The Bertz CT molecular complexity index is 240. The van der Waals surface area contributed by atoms with Crippen LogP contribution in [0.1, 0.15) is 26.7 Å². The summed E-state index contributed by atoms with van der Waals surface area (Å²) in [6.45, 7) is 6.67.